The van der Waals surface area contributed by atoms with E-state index >= 15 is 0 Å². The first-order valence-corrected chi connectivity index (χ1v) is 7.17. The molecule has 2 rings (SSSR count). The van der Waals surface area contributed by atoms with Gasteiger partial charge in [-0.1, -0.05) is 18.2 Å². The summed E-state index contributed by atoms with van der Waals surface area (Å²) in [7, 11) is 0. The zero-order valence-electron chi connectivity index (χ0n) is 12.4. The minimum Gasteiger partial charge on any atom is -0.464 e. The van der Waals surface area contributed by atoms with Gasteiger partial charge in [0.25, 0.3) is 0 Å². The van der Waals surface area contributed by atoms with Crippen LogP contribution in [0.25, 0.3) is 5.57 Å². The van der Waals surface area contributed by atoms with Gasteiger partial charge in [0.2, 0.25) is 5.91 Å². The number of benzene rings is 1. The van der Waals surface area contributed by atoms with Crippen molar-refractivity contribution >= 4 is 17.4 Å². The van der Waals surface area contributed by atoms with Crippen molar-refractivity contribution in [1.29, 1.82) is 0 Å². The fourth-order valence-electron chi connectivity index (χ4n) is 2.45. The van der Waals surface area contributed by atoms with Gasteiger partial charge in [-0.3, -0.25) is 9.79 Å². The molecule has 1 aromatic carbocycles. The summed E-state index contributed by atoms with van der Waals surface area (Å²) in [6.07, 6.45) is 1.24. The lowest BCUT2D eigenvalue weighted by atomic mass is 10.0. The number of hydrogen-bond acceptors (Lipinski definition) is 4. The van der Waals surface area contributed by atoms with Crippen molar-refractivity contribution in [2.24, 2.45) is 4.99 Å². The Bertz CT molecular complexity index is 652. The van der Waals surface area contributed by atoms with Gasteiger partial charge < -0.3 is 10.1 Å². The first-order valence-electron chi connectivity index (χ1n) is 7.17. The van der Waals surface area contributed by atoms with Crippen LogP contribution in [0.4, 0.5) is 0 Å². The van der Waals surface area contributed by atoms with E-state index in [9.17, 15) is 9.59 Å². The largest absolute Gasteiger partial charge is 0.464 e. The maximum atomic E-state index is 11.9. The summed E-state index contributed by atoms with van der Waals surface area (Å²) < 4.78 is 5.00. The van der Waals surface area contributed by atoms with Crippen LogP contribution in [0, 0.1) is 0 Å². The quantitative estimate of drug-likeness (QED) is 0.767. The molecule has 0 unspecified atom stereocenters. The summed E-state index contributed by atoms with van der Waals surface area (Å²) >= 11 is 0. The first-order chi connectivity index (χ1) is 10.1. The Balaban J connectivity index is 2.08. The third-order valence-electron chi connectivity index (χ3n) is 3.41. The number of esters is 1. The lowest BCUT2D eigenvalue weighted by Crippen LogP contribution is -2.41. The molecular formula is C16H20N2O3. The summed E-state index contributed by atoms with van der Waals surface area (Å²) in [5.41, 5.74) is 1.20. The topological polar surface area (TPSA) is 67.8 Å². The second-order valence-electron chi connectivity index (χ2n) is 4.98. The van der Waals surface area contributed by atoms with Crippen molar-refractivity contribution < 1.29 is 14.3 Å². The molecule has 0 saturated carbocycles. The number of fused-ring (bicyclic) bond motifs is 1. The second kappa shape index (κ2) is 7.02. The maximum absolute atomic E-state index is 11.9. The average molecular weight is 288 g/mol. The number of nitrogens with zero attached hydrogens (tertiary/aromatic N) is 1. The molecule has 0 aliphatic carbocycles. The van der Waals surface area contributed by atoms with Gasteiger partial charge >= 0.3 is 5.97 Å². The second-order valence-corrected chi connectivity index (χ2v) is 4.98. The predicted octanol–water partition coefficient (Wildman–Crippen LogP) is 0.318. The molecule has 21 heavy (non-hydrogen) atoms. The van der Waals surface area contributed by atoms with E-state index in [1.54, 1.807) is 6.92 Å². The van der Waals surface area contributed by atoms with Gasteiger partial charge in [-0.2, -0.15) is 0 Å². The van der Waals surface area contributed by atoms with Crippen LogP contribution in [0.5, 0.6) is 0 Å². The molecule has 5 heteroatoms. The highest BCUT2D eigenvalue weighted by Gasteiger charge is 2.21. The Morgan fingerprint density at radius 2 is 2.14 bits per heavy atom. The van der Waals surface area contributed by atoms with Gasteiger partial charge in [-0.05, 0) is 31.4 Å². The zero-order valence-corrected chi connectivity index (χ0v) is 12.4. The van der Waals surface area contributed by atoms with Gasteiger partial charge in [-0.25, -0.2) is 4.79 Å². The van der Waals surface area contributed by atoms with Crippen LogP contribution in [0.1, 0.15) is 26.7 Å². The van der Waals surface area contributed by atoms with Gasteiger partial charge in [0.05, 0.1) is 18.5 Å². The molecule has 1 aliphatic heterocycles. The van der Waals surface area contributed by atoms with E-state index in [1.807, 2.05) is 24.3 Å². The van der Waals surface area contributed by atoms with Crippen molar-refractivity contribution in [2.45, 2.75) is 32.7 Å². The maximum Gasteiger partial charge on any atom is 0.328 e. The molecule has 5 nitrogen and oxygen atoms in total. The molecule has 1 heterocycles. The van der Waals surface area contributed by atoms with Crippen LogP contribution >= 0.6 is 0 Å². The van der Waals surface area contributed by atoms with Crippen LogP contribution in [0.2, 0.25) is 0 Å². The highest BCUT2D eigenvalue weighted by Crippen LogP contribution is 2.11. The Morgan fingerprint density at radius 1 is 1.38 bits per heavy atom. The minimum absolute atomic E-state index is 0.227. The smallest absolute Gasteiger partial charge is 0.328 e. The van der Waals surface area contributed by atoms with Gasteiger partial charge in [0, 0.05) is 12.1 Å². The number of amides is 1. The molecule has 1 amide bonds. The van der Waals surface area contributed by atoms with Crippen LogP contribution in [-0.2, 0) is 14.3 Å². The fourth-order valence-corrected chi connectivity index (χ4v) is 2.45. The normalized spacial score (nSPS) is 14.1. The lowest BCUT2D eigenvalue weighted by molar-refractivity contribution is -0.147. The van der Waals surface area contributed by atoms with Crippen molar-refractivity contribution in [1.82, 2.24) is 5.32 Å². The number of carbonyl (C=O) groups is 2. The predicted molar refractivity (Wildman–Crippen MR) is 79.0 cm³/mol. The first kappa shape index (κ1) is 15.2. The van der Waals surface area contributed by atoms with E-state index in [2.05, 4.69) is 10.3 Å². The van der Waals surface area contributed by atoms with Crippen LogP contribution in [0.15, 0.2) is 29.3 Å². The summed E-state index contributed by atoms with van der Waals surface area (Å²) in [4.78, 5) is 27.5. The summed E-state index contributed by atoms with van der Waals surface area (Å²) in [5, 5.41) is 4.80. The van der Waals surface area contributed by atoms with E-state index in [0.29, 0.717) is 26.0 Å². The Kier molecular flexibility index (Phi) is 5.09. The van der Waals surface area contributed by atoms with E-state index in [0.717, 1.165) is 10.6 Å². The van der Waals surface area contributed by atoms with Crippen molar-refractivity contribution in [3.8, 4) is 0 Å². The summed E-state index contributed by atoms with van der Waals surface area (Å²) in [6, 6.07) is 7.38. The number of ether oxygens (including phenoxy) is 1. The molecule has 0 saturated heterocycles. The number of hydrogen-bond donors (Lipinski definition) is 1. The third-order valence-corrected chi connectivity index (χ3v) is 3.41. The zero-order chi connectivity index (χ0) is 15.2. The highest BCUT2D eigenvalue weighted by atomic mass is 16.5. The van der Waals surface area contributed by atoms with Crippen molar-refractivity contribution in [3.63, 3.8) is 0 Å². The Hall–Kier alpha value is -2.17. The lowest BCUT2D eigenvalue weighted by Gasteiger charge is -2.16. The van der Waals surface area contributed by atoms with E-state index in [-0.39, 0.29) is 11.9 Å². The van der Waals surface area contributed by atoms with Gasteiger partial charge in [-0.15, -0.1) is 0 Å². The molecule has 0 bridgehead atoms. The SMILES string of the molecule is CCOC(=O)[C@@H](CCC1=c2ccccc2=NC1)NC(C)=O. The number of nitrogens with one attached hydrogen (secondary N) is 1. The van der Waals surface area contributed by atoms with E-state index in [1.165, 1.54) is 12.5 Å². The van der Waals surface area contributed by atoms with Gasteiger partial charge in [0.1, 0.15) is 6.04 Å². The van der Waals surface area contributed by atoms with Crippen molar-refractivity contribution in [2.75, 3.05) is 13.2 Å². The third kappa shape index (κ3) is 3.90. The fraction of sp³-hybridized carbons (Fsp3) is 0.438. The van der Waals surface area contributed by atoms with E-state index < -0.39 is 6.04 Å². The van der Waals surface area contributed by atoms with Crippen LogP contribution < -0.4 is 15.9 Å². The molecule has 1 atom stereocenters. The van der Waals surface area contributed by atoms with Crippen molar-refractivity contribution in [3.05, 3.63) is 34.8 Å². The summed E-state index contributed by atoms with van der Waals surface area (Å²) in [5.74, 6) is -0.605. The molecule has 1 N–H and O–H groups in total. The molecule has 0 aromatic heterocycles. The number of carbonyl (C=O) groups excluding carboxylic acids is 2. The molecule has 112 valence electrons. The Labute approximate surface area is 123 Å². The molecule has 0 fully saturated rings. The molecule has 0 radical (unpaired) electrons. The molecule has 0 spiro atoms. The monoisotopic (exact) mass is 288 g/mol. The molecular weight excluding hydrogens is 268 g/mol. The Morgan fingerprint density at radius 3 is 2.86 bits per heavy atom. The van der Waals surface area contributed by atoms with Crippen LogP contribution in [-0.4, -0.2) is 31.1 Å². The van der Waals surface area contributed by atoms with Crippen LogP contribution in [0.3, 0.4) is 0 Å². The highest BCUT2D eigenvalue weighted by molar-refractivity contribution is 5.83. The number of para-hydroxylation sites is 1. The van der Waals surface area contributed by atoms with E-state index in [4.69, 9.17) is 4.74 Å². The minimum atomic E-state index is -0.595. The summed E-state index contributed by atoms with van der Waals surface area (Å²) in [6.45, 7) is 4.13. The molecule has 1 aliphatic rings. The average Bonchev–Trinajstić information content (AvgIpc) is 2.86. The molecule has 1 aromatic rings. The number of rotatable bonds is 6. The van der Waals surface area contributed by atoms with Gasteiger partial charge in [0.15, 0.2) is 0 Å². The standard InChI is InChI=1S/C16H20N2O3/c1-3-21-16(20)15(18-11(2)19)9-8-12-10-17-14-7-5-4-6-13(12)14/h4-7,15H,3,8-10H2,1-2H3,(H,18,19)/t15-/m1/s1.